The van der Waals surface area contributed by atoms with E-state index in [1.54, 1.807) is 34.3 Å². The van der Waals surface area contributed by atoms with Crippen molar-refractivity contribution >= 4 is 17.5 Å². The van der Waals surface area contributed by atoms with Crippen LogP contribution in [-0.4, -0.2) is 46.3 Å². The van der Waals surface area contributed by atoms with Crippen LogP contribution >= 0.6 is 0 Å². The Hall–Kier alpha value is -2.70. The van der Waals surface area contributed by atoms with Crippen molar-refractivity contribution in [2.24, 2.45) is 11.8 Å². The zero-order valence-electron chi connectivity index (χ0n) is 11.8. The lowest BCUT2D eigenvalue weighted by Crippen LogP contribution is -2.35. The number of fused-ring (bicyclic) bond motifs is 1. The van der Waals surface area contributed by atoms with E-state index in [-0.39, 0.29) is 23.7 Å². The van der Waals surface area contributed by atoms with E-state index in [1.165, 1.54) is 12.6 Å². The van der Waals surface area contributed by atoms with Gasteiger partial charge in [0.15, 0.2) is 5.76 Å². The first-order valence-electron chi connectivity index (χ1n) is 7.13. The molecule has 2 aromatic heterocycles. The summed E-state index contributed by atoms with van der Waals surface area (Å²) in [6.45, 7) is 1.60. The van der Waals surface area contributed by atoms with E-state index in [9.17, 15) is 9.59 Å². The van der Waals surface area contributed by atoms with Crippen molar-refractivity contribution in [1.82, 2.24) is 14.9 Å². The fourth-order valence-corrected chi connectivity index (χ4v) is 3.25. The second-order valence-electron chi connectivity index (χ2n) is 5.60. The summed E-state index contributed by atoms with van der Waals surface area (Å²) in [5.74, 6) is 0.197. The molecule has 2 aliphatic rings. The van der Waals surface area contributed by atoms with Gasteiger partial charge in [0, 0.05) is 25.6 Å². The lowest BCUT2D eigenvalue weighted by atomic mass is 10.0. The maximum absolute atomic E-state index is 12.6. The number of carbonyl (C=O) groups is 2. The molecule has 0 saturated carbocycles. The van der Waals surface area contributed by atoms with Gasteiger partial charge in [0.25, 0.3) is 5.91 Å². The van der Waals surface area contributed by atoms with Crippen LogP contribution in [0, 0.1) is 11.8 Å². The molecule has 0 aliphatic carbocycles. The van der Waals surface area contributed by atoms with Crippen molar-refractivity contribution in [3.63, 3.8) is 0 Å². The third-order valence-electron chi connectivity index (χ3n) is 4.32. The van der Waals surface area contributed by atoms with Crippen LogP contribution in [0.1, 0.15) is 10.6 Å². The first-order valence-corrected chi connectivity index (χ1v) is 7.13. The number of furan rings is 1. The van der Waals surface area contributed by atoms with Crippen LogP contribution in [-0.2, 0) is 4.79 Å². The minimum absolute atomic E-state index is 0.0366. The second-order valence-corrected chi connectivity index (χ2v) is 5.60. The van der Waals surface area contributed by atoms with Gasteiger partial charge in [0.2, 0.25) is 5.91 Å². The third kappa shape index (κ3) is 1.97. The second kappa shape index (κ2) is 4.94. The lowest BCUT2D eigenvalue weighted by Gasteiger charge is -2.20. The van der Waals surface area contributed by atoms with Crippen LogP contribution in [0.25, 0.3) is 0 Å². The van der Waals surface area contributed by atoms with Crippen molar-refractivity contribution in [3.05, 3.63) is 42.9 Å². The topological polar surface area (TPSA) is 79.5 Å². The number of rotatable bonds is 2. The number of amides is 2. The smallest absolute Gasteiger partial charge is 0.289 e. The molecule has 2 fully saturated rings. The van der Waals surface area contributed by atoms with E-state index in [1.807, 2.05) is 0 Å². The summed E-state index contributed by atoms with van der Waals surface area (Å²) >= 11 is 0. The SMILES string of the molecule is O=C(c1ccco1)N1C[C@H]2CN(c3cncnc3)C(=O)[C@@H]2C1. The van der Waals surface area contributed by atoms with Gasteiger partial charge >= 0.3 is 0 Å². The van der Waals surface area contributed by atoms with Crippen LogP contribution in [0.5, 0.6) is 0 Å². The van der Waals surface area contributed by atoms with Gasteiger partial charge in [-0.25, -0.2) is 9.97 Å². The highest BCUT2D eigenvalue weighted by atomic mass is 16.3. The Labute approximate surface area is 126 Å². The van der Waals surface area contributed by atoms with E-state index in [0.29, 0.717) is 31.1 Å². The van der Waals surface area contributed by atoms with E-state index in [2.05, 4.69) is 9.97 Å². The van der Waals surface area contributed by atoms with Crippen LogP contribution in [0.15, 0.2) is 41.5 Å². The summed E-state index contributed by atoms with van der Waals surface area (Å²) in [5.41, 5.74) is 0.714. The highest BCUT2D eigenvalue weighted by molar-refractivity contribution is 5.99. The quantitative estimate of drug-likeness (QED) is 0.819. The Kier molecular flexibility index (Phi) is 2.92. The van der Waals surface area contributed by atoms with Crippen molar-refractivity contribution in [2.45, 2.75) is 0 Å². The van der Waals surface area contributed by atoms with E-state index < -0.39 is 0 Å². The zero-order chi connectivity index (χ0) is 15.1. The Balaban J connectivity index is 1.50. The predicted octanol–water partition coefficient (Wildman–Crippen LogP) is 0.805. The first kappa shape index (κ1) is 13.0. The molecule has 2 saturated heterocycles. The molecule has 4 heterocycles. The number of anilines is 1. The molecular formula is C15H14N4O3. The Morgan fingerprint density at radius 3 is 2.73 bits per heavy atom. The number of aromatic nitrogens is 2. The highest BCUT2D eigenvalue weighted by Crippen LogP contribution is 2.35. The maximum Gasteiger partial charge on any atom is 0.289 e. The average Bonchev–Trinajstić information content (AvgIpc) is 3.25. The Bertz CT molecular complexity index is 701. The summed E-state index contributed by atoms with van der Waals surface area (Å²) in [6, 6.07) is 3.33. The molecule has 0 N–H and O–H groups in total. The molecule has 2 amide bonds. The van der Waals surface area contributed by atoms with Crippen LogP contribution < -0.4 is 4.90 Å². The molecule has 0 radical (unpaired) electrons. The highest BCUT2D eigenvalue weighted by Gasteiger charge is 2.48. The Morgan fingerprint density at radius 2 is 2.05 bits per heavy atom. The minimum Gasteiger partial charge on any atom is -0.459 e. The standard InChI is InChI=1S/C15H14N4O3/c20-14-12-8-18(15(21)13-2-1-3-22-13)6-10(12)7-19(14)11-4-16-9-17-5-11/h1-5,9-10,12H,6-8H2/t10-,12+/m0/s1. The number of likely N-dealkylation sites (tertiary alicyclic amines) is 1. The van der Waals surface area contributed by atoms with Crippen molar-refractivity contribution in [1.29, 1.82) is 0 Å². The molecule has 2 aliphatic heterocycles. The molecular weight excluding hydrogens is 284 g/mol. The van der Waals surface area contributed by atoms with Gasteiger partial charge in [-0.3, -0.25) is 9.59 Å². The fraction of sp³-hybridized carbons (Fsp3) is 0.333. The van der Waals surface area contributed by atoms with Crippen LogP contribution in [0.4, 0.5) is 5.69 Å². The number of nitrogens with zero attached hydrogens (tertiary/aromatic N) is 4. The molecule has 112 valence electrons. The molecule has 0 bridgehead atoms. The fourth-order valence-electron chi connectivity index (χ4n) is 3.25. The molecule has 0 unspecified atom stereocenters. The van der Waals surface area contributed by atoms with Gasteiger partial charge in [-0.05, 0) is 12.1 Å². The van der Waals surface area contributed by atoms with Crippen LogP contribution in [0.2, 0.25) is 0 Å². The van der Waals surface area contributed by atoms with Gasteiger partial charge in [-0.1, -0.05) is 0 Å². The molecule has 2 aromatic rings. The molecule has 7 nitrogen and oxygen atoms in total. The van der Waals surface area contributed by atoms with Gasteiger partial charge in [0.1, 0.15) is 6.33 Å². The monoisotopic (exact) mass is 298 g/mol. The predicted molar refractivity (Wildman–Crippen MR) is 76.0 cm³/mol. The number of hydrogen-bond acceptors (Lipinski definition) is 5. The molecule has 7 heteroatoms. The van der Waals surface area contributed by atoms with Gasteiger partial charge in [-0.15, -0.1) is 0 Å². The lowest BCUT2D eigenvalue weighted by molar-refractivity contribution is -0.120. The molecule has 2 atom stereocenters. The molecule has 0 aromatic carbocycles. The zero-order valence-corrected chi connectivity index (χ0v) is 11.8. The Morgan fingerprint density at radius 1 is 1.23 bits per heavy atom. The largest absolute Gasteiger partial charge is 0.459 e. The normalized spacial score (nSPS) is 23.9. The molecule has 0 spiro atoms. The van der Waals surface area contributed by atoms with Crippen molar-refractivity contribution in [2.75, 3.05) is 24.5 Å². The number of hydrogen-bond donors (Lipinski definition) is 0. The average molecular weight is 298 g/mol. The third-order valence-corrected chi connectivity index (χ3v) is 4.32. The summed E-state index contributed by atoms with van der Waals surface area (Å²) in [6.07, 6.45) is 6.19. The summed E-state index contributed by atoms with van der Waals surface area (Å²) in [5, 5.41) is 0. The maximum atomic E-state index is 12.6. The van der Waals surface area contributed by atoms with E-state index >= 15 is 0 Å². The molecule has 22 heavy (non-hydrogen) atoms. The minimum atomic E-state index is -0.154. The summed E-state index contributed by atoms with van der Waals surface area (Å²) in [7, 11) is 0. The van der Waals surface area contributed by atoms with E-state index in [4.69, 9.17) is 4.42 Å². The molecule has 4 rings (SSSR count). The van der Waals surface area contributed by atoms with Gasteiger partial charge in [-0.2, -0.15) is 0 Å². The van der Waals surface area contributed by atoms with Crippen molar-refractivity contribution < 1.29 is 14.0 Å². The van der Waals surface area contributed by atoms with Gasteiger partial charge < -0.3 is 14.2 Å². The van der Waals surface area contributed by atoms with Crippen molar-refractivity contribution in [3.8, 4) is 0 Å². The van der Waals surface area contributed by atoms with Crippen LogP contribution in [0.3, 0.4) is 0 Å². The van der Waals surface area contributed by atoms with E-state index in [0.717, 1.165) is 0 Å². The number of carbonyl (C=O) groups excluding carboxylic acids is 2. The first-order chi connectivity index (χ1) is 10.7. The van der Waals surface area contributed by atoms with Gasteiger partial charge in [0.05, 0.1) is 30.3 Å². The summed E-state index contributed by atoms with van der Waals surface area (Å²) < 4.78 is 5.14. The summed E-state index contributed by atoms with van der Waals surface area (Å²) in [4.78, 5) is 36.2.